The number of aromatic nitrogens is 3. The van der Waals surface area contributed by atoms with Gasteiger partial charge in [0.1, 0.15) is 4.99 Å². The molecule has 0 spiro atoms. The number of thiocarbonyl (C=S) groups is 1. The molecule has 16 heavy (non-hydrogen) atoms. The van der Waals surface area contributed by atoms with Crippen molar-refractivity contribution in [1.29, 1.82) is 0 Å². The minimum absolute atomic E-state index is 0.238. The molecule has 0 unspecified atom stereocenters. The minimum atomic E-state index is 0.238. The fraction of sp³-hybridized carbons (Fsp3) is 0. The lowest BCUT2D eigenvalue weighted by molar-refractivity contribution is 0.967. The molecule has 0 saturated heterocycles. The maximum absolute atomic E-state index is 5.57. The first-order chi connectivity index (χ1) is 7.59. The Kier molecular flexibility index (Phi) is 3.36. The highest BCUT2D eigenvalue weighted by Gasteiger charge is 2.11. The highest BCUT2D eigenvalue weighted by Crippen LogP contribution is 2.23. The minimum Gasteiger partial charge on any atom is -0.387 e. The van der Waals surface area contributed by atoms with Crippen molar-refractivity contribution in [1.82, 2.24) is 14.5 Å². The molecule has 0 fully saturated rings. The number of nitrogens with zero attached hydrogens (tertiary/aromatic N) is 3. The smallest absolute Gasteiger partial charge is 0.173 e. The fourth-order valence-electron chi connectivity index (χ4n) is 1.24. The second-order valence-corrected chi connectivity index (χ2v) is 5.15. The molecule has 0 aliphatic heterocycles. The first kappa shape index (κ1) is 11.7. The lowest BCUT2D eigenvalue weighted by Gasteiger charge is -2.07. The van der Waals surface area contributed by atoms with Crippen LogP contribution in [0.5, 0.6) is 0 Å². The maximum Gasteiger partial charge on any atom is 0.173 e. The molecule has 0 radical (unpaired) electrons. The first-order valence-electron chi connectivity index (χ1n) is 4.24. The van der Waals surface area contributed by atoms with E-state index in [9.17, 15) is 0 Å². The van der Waals surface area contributed by atoms with E-state index in [1.54, 1.807) is 23.2 Å². The summed E-state index contributed by atoms with van der Waals surface area (Å²) in [4.78, 5) is 8.59. The molecule has 4 nitrogen and oxygen atoms in total. The van der Waals surface area contributed by atoms with Crippen molar-refractivity contribution < 1.29 is 0 Å². The van der Waals surface area contributed by atoms with Crippen molar-refractivity contribution in [3.8, 4) is 5.82 Å². The second kappa shape index (κ2) is 4.60. The van der Waals surface area contributed by atoms with Gasteiger partial charge in [-0.2, -0.15) is 0 Å². The van der Waals surface area contributed by atoms with Crippen LogP contribution in [-0.4, -0.2) is 19.5 Å². The molecule has 0 amide bonds. The molecular weight excluding hydrogens is 356 g/mol. The van der Waals surface area contributed by atoms with Crippen molar-refractivity contribution >= 4 is 49.1 Å². The van der Waals surface area contributed by atoms with E-state index in [0.717, 1.165) is 8.95 Å². The molecule has 2 N–H and O–H groups in total. The Morgan fingerprint density at radius 2 is 2.12 bits per heavy atom. The largest absolute Gasteiger partial charge is 0.387 e. The average Bonchev–Trinajstić information content (AvgIpc) is 2.66. The van der Waals surface area contributed by atoms with Gasteiger partial charge < -0.3 is 5.73 Å². The van der Waals surface area contributed by atoms with Crippen molar-refractivity contribution in [3.63, 3.8) is 0 Å². The summed E-state index contributed by atoms with van der Waals surface area (Å²) in [6.45, 7) is 0. The Morgan fingerprint density at radius 3 is 2.75 bits per heavy atom. The third kappa shape index (κ3) is 2.16. The summed E-state index contributed by atoms with van der Waals surface area (Å²) < 4.78 is 3.45. The van der Waals surface area contributed by atoms with E-state index in [1.165, 1.54) is 0 Å². The summed E-state index contributed by atoms with van der Waals surface area (Å²) in [5.41, 5.74) is 5.57. The molecule has 2 aromatic heterocycles. The van der Waals surface area contributed by atoms with Crippen LogP contribution in [0.3, 0.4) is 0 Å². The Morgan fingerprint density at radius 1 is 1.38 bits per heavy atom. The number of halogens is 2. The van der Waals surface area contributed by atoms with E-state index in [0.29, 0.717) is 11.6 Å². The Labute approximate surface area is 114 Å². The molecule has 0 aliphatic rings. The van der Waals surface area contributed by atoms with Crippen LogP contribution in [0.15, 0.2) is 33.6 Å². The van der Waals surface area contributed by atoms with Crippen LogP contribution in [0.1, 0.15) is 5.82 Å². The molecule has 0 bridgehead atoms. The Bertz CT molecular complexity index is 552. The fourth-order valence-corrected chi connectivity index (χ4v) is 2.57. The molecule has 0 aliphatic carbocycles. The quantitative estimate of drug-likeness (QED) is 0.834. The lowest BCUT2D eigenvalue weighted by Crippen LogP contribution is -2.16. The summed E-state index contributed by atoms with van der Waals surface area (Å²) in [5, 5.41) is 0. The van der Waals surface area contributed by atoms with Crippen molar-refractivity contribution in [3.05, 3.63) is 39.4 Å². The molecule has 0 saturated carbocycles. The van der Waals surface area contributed by atoms with Gasteiger partial charge in [-0.1, -0.05) is 12.2 Å². The molecule has 7 heteroatoms. The van der Waals surface area contributed by atoms with Crippen molar-refractivity contribution in [2.24, 2.45) is 5.73 Å². The molecule has 2 aromatic rings. The standard InChI is InChI=1S/C9H6Br2N4S/c10-5-3-6(11)8(14-4-5)15-2-1-13-9(15)7(12)16/h1-4H,(H2,12,16). The second-order valence-electron chi connectivity index (χ2n) is 2.94. The van der Waals surface area contributed by atoms with E-state index in [-0.39, 0.29) is 4.99 Å². The predicted molar refractivity (Wildman–Crippen MR) is 72.6 cm³/mol. The van der Waals surface area contributed by atoms with Crippen LogP contribution in [0.2, 0.25) is 0 Å². The topological polar surface area (TPSA) is 56.7 Å². The molecule has 2 rings (SSSR count). The van der Waals surface area contributed by atoms with Crippen LogP contribution in [0.25, 0.3) is 5.82 Å². The summed E-state index contributed by atoms with van der Waals surface area (Å²) in [7, 11) is 0. The summed E-state index contributed by atoms with van der Waals surface area (Å²) in [6, 6.07) is 1.89. The van der Waals surface area contributed by atoms with Crippen molar-refractivity contribution in [2.45, 2.75) is 0 Å². The van der Waals surface area contributed by atoms with Gasteiger partial charge >= 0.3 is 0 Å². The van der Waals surface area contributed by atoms with E-state index in [2.05, 4.69) is 41.8 Å². The van der Waals surface area contributed by atoms with Crippen LogP contribution >= 0.6 is 44.1 Å². The molecule has 0 atom stereocenters. The monoisotopic (exact) mass is 360 g/mol. The summed E-state index contributed by atoms with van der Waals surface area (Å²) in [6.07, 6.45) is 5.09. The molecule has 82 valence electrons. The zero-order valence-corrected chi connectivity index (χ0v) is 11.9. The zero-order valence-electron chi connectivity index (χ0n) is 7.89. The highest BCUT2D eigenvalue weighted by atomic mass is 79.9. The highest BCUT2D eigenvalue weighted by molar-refractivity contribution is 9.11. The molecule has 0 aromatic carbocycles. The number of pyridine rings is 1. The average molecular weight is 362 g/mol. The van der Waals surface area contributed by atoms with Gasteiger partial charge in [-0.05, 0) is 37.9 Å². The van der Waals surface area contributed by atoms with Gasteiger partial charge in [-0.3, -0.25) is 4.57 Å². The number of hydrogen-bond acceptors (Lipinski definition) is 3. The van der Waals surface area contributed by atoms with E-state index < -0.39 is 0 Å². The van der Waals surface area contributed by atoms with Gasteiger partial charge in [-0.25, -0.2) is 9.97 Å². The Hall–Kier alpha value is -0.790. The number of rotatable bonds is 2. The number of nitrogens with two attached hydrogens (primary N) is 1. The third-order valence-corrected chi connectivity index (χ3v) is 3.08. The van der Waals surface area contributed by atoms with E-state index in [4.69, 9.17) is 18.0 Å². The normalized spacial score (nSPS) is 10.4. The van der Waals surface area contributed by atoms with Gasteiger partial charge in [0.15, 0.2) is 11.6 Å². The third-order valence-electron chi connectivity index (χ3n) is 1.88. The van der Waals surface area contributed by atoms with Gasteiger partial charge in [0.2, 0.25) is 0 Å². The van der Waals surface area contributed by atoms with E-state index in [1.807, 2.05) is 6.07 Å². The predicted octanol–water partition coefficient (Wildman–Crippen LogP) is 2.43. The van der Waals surface area contributed by atoms with E-state index >= 15 is 0 Å². The lowest BCUT2D eigenvalue weighted by atomic mass is 10.4. The van der Waals surface area contributed by atoms with Crippen LogP contribution in [0.4, 0.5) is 0 Å². The van der Waals surface area contributed by atoms with Gasteiger partial charge in [0.25, 0.3) is 0 Å². The van der Waals surface area contributed by atoms with Crippen molar-refractivity contribution in [2.75, 3.05) is 0 Å². The summed E-state index contributed by atoms with van der Waals surface area (Å²) >= 11 is 11.7. The van der Waals surface area contributed by atoms with Gasteiger partial charge in [0, 0.05) is 23.1 Å². The van der Waals surface area contributed by atoms with Crippen LogP contribution in [0, 0.1) is 0 Å². The number of hydrogen-bond donors (Lipinski definition) is 1. The maximum atomic E-state index is 5.57. The first-order valence-corrected chi connectivity index (χ1v) is 6.23. The van der Waals surface area contributed by atoms with Gasteiger partial charge in [0.05, 0.1) is 4.47 Å². The SMILES string of the molecule is NC(=S)c1nccn1-c1ncc(Br)cc1Br. The molecule has 2 heterocycles. The Balaban J connectivity index is 2.59. The zero-order chi connectivity index (χ0) is 11.7. The van der Waals surface area contributed by atoms with Crippen LogP contribution in [-0.2, 0) is 0 Å². The molecular formula is C9H6Br2N4S. The van der Waals surface area contributed by atoms with Gasteiger partial charge in [-0.15, -0.1) is 0 Å². The van der Waals surface area contributed by atoms with Crippen LogP contribution < -0.4 is 5.73 Å². The number of imidazole rings is 1. The summed E-state index contributed by atoms with van der Waals surface area (Å²) in [5.74, 6) is 1.22.